The van der Waals surface area contributed by atoms with E-state index in [-0.39, 0.29) is 6.61 Å². The molecular formula is C8H11N5O. The summed E-state index contributed by atoms with van der Waals surface area (Å²) in [6.07, 6.45) is 5.18. The minimum Gasteiger partial charge on any atom is -0.390 e. The van der Waals surface area contributed by atoms with Crippen LogP contribution in [0.1, 0.15) is 11.4 Å². The van der Waals surface area contributed by atoms with Crippen molar-refractivity contribution in [2.45, 2.75) is 13.2 Å². The van der Waals surface area contributed by atoms with E-state index in [2.05, 4.69) is 15.3 Å². The topological polar surface area (TPSA) is 68.8 Å². The lowest BCUT2D eigenvalue weighted by Crippen LogP contribution is -2.03. The van der Waals surface area contributed by atoms with Crippen molar-refractivity contribution in [1.29, 1.82) is 0 Å². The van der Waals surface area contributed by atoms with Crippen LogP contribution in [0.25, 0.3) is 0 Å². The van der Waals surface area contributed by atoms with Crippen LogP contribution in [0.5, 0.6) is 0 Å². The highest BCUT2D eigenvalue weighted by Crippen LogP contribution is 2.01. The van der Waals surface area contributed by atoms with Gasteiger partial charge in [0.1, 0.15) is 0 Å². The van der Waals surface area contributed by atoms with Gasteiger partial charge in [0.05, 0.1) is 37.1 Å². The molecule has 0 aliphatic heterocycles. The van der Waals surface area contributed by atoms with Crippen molar-refractivity contribution in [2.24, 2.45) is 7.05 Å². The molecular weight excluding hydrogens is 182 g/mol. The largest absolute Gasteiger partial charge is 0.390 e. The average molecular weight is 193 g/mol. The molecule has 0 amide bonds. The number of aryl methyl sites for hydroxylation is 1. The van der Waals surface area contributed by atoms with Gasteiger partial charge in [0, 0.05) is 13.2 Å². The summed E-state index contributed by atoms with van der Waals surface area (Å²) >= 11 is 0. The van der Waals surface area contributed by atoms with Crippen molar-refractivity contribution < 1.29 is 5.11 Å². The van der Waals surface area contributed by atoms with E-state index in [0.29, 0.717) is 12.2 Å². The zero-order valence-electron chi connectivity index (χ0n) is 7.83. The van der Waals surface area contributed by atoms with Crippen molar-refractivity contribution in [3.8, 4) is 0 Å². The molecule has 74 valence electrons. The van der Waals surface area contributed by atoms with Gasteiger partial charge in [-0.15, -0.1) is 5.10 Å². The van der Waals surface area contributed by atoms with Gasteiger partial charge < -0.3 is 9.67 Å². The van der Waals surface area contributed by atoms with Crippen LogP contribution in [0.4, 0.5) is 0 Å². The summed E-state index contributed by atoms with van der Waals surface area (Å²) in [5.41, 5.74) is 1.66. The van der Waals surface area contributed by atoms with Crippen LogP contribution >= 0.6 is 0 Å². The Hall–Kier alpha value is -1.69. The van der Waals surface area contributed by atoms with E-state index >= 15 is 0 Å². The van der Waals surface area contributed by atoms with Crippen LogP contribution in [0, 0.1) is 0 Å². The maximum Gasteiger partial charge on any atom is 0.0954 e. The normalized spacial score (nSPS) is 10.7. The van der Waals surface area contributed by atoms with E-state index < -0.39 is 0 Å². The first-order valence-electron chi connectivity index (χ1n) is 4.24. The van der Waals surface area contributed by atoms with Gasteiger partial charge in [-0.05, 0) is 0 Å². The first-order chi connectivity index (χ1) is 6.79. The number of hydrogen-bond acceptors (Lipinski definition) is 4. The Kier molecular flexibility index (Phi) is 2.28. The lowest BCUT2D eigenvalue weighted by atomic mass is 10.4. The third-order valence-corrected chi connectivity index (χ3v) is 2.00. The summed E-state index contributed by atoms with van der Waals surface area (Å²) in [4.78, 5) is 4.01. The smallest absolute Gasteiger partial charge is 0.0954 e. The summed E-state index contributed by atoms with van der Waals surface area (Å²) in [6.45, 7) is 0.632. The molecule has 0 saturated carbocycles. The molecule has 0 unspecified atom stereocenters. The number of nitrogens with zero attached hydrogens (tertiary/aromatic N) is 5. The van der Waals surface area contributed by atoms with Gasteiger partial charge in [-0.25, -0.2) is 4.98 Å². The fourth-order valence-corrected chi connectivity index (χ4v) is 1.22. The number of aromatic nitrogens is 5. The Morgan fingerprint density at radius 1 is 1.50 bits per heavy atom. The summed E-state index contributed by atoms with van der Waals surface area (Å²) in [5.74, 6) is 0. The third kappa shape index (κ3) is 1.64. The zero-order chi connectivity index (χ0) is 9.97. The molecule has 0 fully saturated rings. The minimum absolute atomic E-state index is 0.0311. The van der Waals surface area contributed by atoms with Gasteiger partial charge in [-0.1, -0.05) is 5.21 Å². The molecule has 6 nitrogen and oxygen atoms in total. The summed E-state index contributed by atoms with van der Waals surface area (Å²) < 4.78 is 3.59. The van der Waals surface area contributed by atoms with Crippen LogP contribution in [0.3, 0.4) is 0 Å². The standard InChI is InChI=1S/C8H11N5O/c1-12-8(2-10-11-12)4-13-3-7(5-14)9-6-13/h2-3,6,14H,4-5H2,1H3. The van der Waals surface area contributed by atoms with Crippen molar-refractivity contribution >= 4 is 0 Å². The second-order valence-electron chi connectivity index (χ2n) is 3.04. The van der Waals surface area contributed by atoms with Crippen LogP contribution in [0.15, 0.2) is 18.7 Å². The molecule has 0 aromatic carbocycles. The first-order valence-corrected chi connectivity index (χ1v) is 4.24. The van der Waals surface area contributed by atoms with Crippen LogP contribution in [-0.4, -0.2) is 29.7 Å². The lowest BCUT2D eigenvalue weighted by Gasteiger charge is -2.00. The number of rotatable bonds is 3. The second kappa shape index (κ2) is 3.59. The third-order valence-electron chi connectivity index (χ3n) is 2.00. The Balaban J connectivity index is 2.15. The minimum atomic E-state index is -0.0311. The predicted octanol–water partition coefficient (Wildman–Crippen LogP) is -0.448. The zero-order valence-corrected chi connectivity index (χ0v) is 7.83. The highest BCUT2D eigenvalue weighted by Gasteiger charge is 2.02. The van der Waals surface area contributed by atoms with Gasteiger partial charge in [0.25, 0.3) is 0 Å². The molecule has 6 heteroatoms. The van der Waals surface area contributed by atoms with E-state index in [1.165, 1.54) is 0 Å². The monoisotopic (exact) mass is 193 g/mol. The molecule has 1 N–H and O–H groups in total. The molecule has 2 heterocycles. The molecule has 0 saturated heterocycles. The Morgan fingerprint density at radius 3 is 2.93 bits per heavy atom. The number of hydrogen-bond donors (Lipinski definition) is 1. The van der Waals surface area contributed by atoms with Crippen molar-refractivity contribution in [2.75, 3.05) is 0 Å². The Morgan fingerprint density at radius 2 is 2.36 bits per heavy atom. The molecule has 0 atom stereocenters. The molecule has 2 rings (SSSR count). The molecule has 2 aromatic heterocycles. The second-order valence-corrected chi connectivity index (χ2v) is 3.04. The first kappa shape index (κ1) is 8.89. The summed E-state index contributed by atoms with van der Waals surface area (Å²) in [5, 5.41) is 16.4. The maximum atomic E-state index is 8.83. The van der Waals surface area contributed by atoms with Gasteiger partial charge in [-0.2, -0.15) is 0 Å². The highest BCUT2D eigenvalue weighted by atomic mass is 16.3. The Bertz CT molecular complexity index is 419. The van der Waals surface area contributed by atoms with Crippen LogP contribution in [0.2, 0.25) is 0 Å². The van der Waals surface area contributed by atoms with Crippen molar-refractivity contribution in [3.63, 3.8) is 0 Å². The lowest BCUT2D eigenvalue weighted by molar-refractivity contribution is 0.277. The van der Waals surface area contributed by atoms with Gasteiger partial charge >= 0.3 is 0 Å². The fraction of sp³-hybridized carbons (Fsp3) is 0.375. The summed E-state index contributed by atoms with van der Waals surface area (Å²) in [6, 6.07) is 0. The molecule has 2 aromatic rings. The highest BCUT2D eigenvalue weighted by molar-refractivity contribution is 5.00. The molecule has 0 radical (unpaired) electrons. The SMILES string of the molecule is Cn1nncc1Cn1cnc(CO)c1. The molecule has 0 bridgehead atoms. The molecule has 14 heavy (non-hydrogen) atoms. The molecule has 0 aliphatic carbocycles. The van der Waals surface area contributed by atoms with E-state index in [0.717, 1.165) is 5.69 Å². The number of imidazole rings is 1. The number of aliphatic hydroxyl groups excluding tert-OH is 1. The van der Waals surface area contributed by atoms with E-state index in [4.69, 9.17) is 5.11 Å². The summed E-state index contributed by atoms with van der Waals surface area (Å²) in [7, 11) is 1.84. The van der Waals surface area contributed by atoms with Crippen LogP contribution in [-0.2, 0) is 20.2 Å². The molecule has 0 aliphatic rings. The fourth-order valence-electron chi connectivity index (χ4n) is 1.22. The molecule has 0 spiro atoms. The van der Waals surface area contributed by atoms with Crippen molar-refractivity contribution in [3.05, 3.63) is 30.1 Å². The van der Waals surface area contributed by atoms with Crippen LogP contribution < -0.4 is 0 Å². The van der Waals surface area contributed by atoms with Crippen molar-refractivity contribution in [1.82, 2.24) is 24.5 Å². The number of aliphatic hydroxyl groups is 1. The van der Waals surface area contributed by atoms with Gasteiger partial charge in [0.15, 0.2) is 0 Å². The van der Waals surface area contributed by atoms with Gasteiger partial charge in [-0.3, -0.25) is 4.68 Å². The quantitative estimate of drug-likeness (QED) is 0.717. The predicted molar refractivity (Wildman–Crippen MR) is 48.3 cm³/mol. The Labute approximate surface area is 80.8 Å². The average Bonchev–Trinajstić information content (AvgIpc) is 2.77. The van der Waals surface area contributed by atoms with E-state index in [1.54, 1.807) is 23.4 Å². The van der Waals surface area contributed by atoms with Gasteiger partial charge in [0.2, 0.25) is 0 Å². The van der Waals surface area contributed by atoms with E-state index in [9.17, 15) is 0 Å². The maximum absolute atomic E-state index is 8.83. The van der Waals surface area contributed by atoms with E-state index in [1.807, 2.05) is 11.6 Å².